The van der Waals surface area contributed by atoms with E-state index in [-0.39, 0.29) is 35.9 Å². The van der Waals surface area contributed by atoms with Gasteiger partial charge in [0.15, 0.2) is 5.96 Å². The number of nitrogens with zero attached hydrogens (tertiary/aromatic N) is 4. The number of likely N-dealkylation sites (tertiary alicyclic amines) is 1. The van der Waals surface area contributed by atoms with E-state index in [1.807, 2.05) is 16.9 Å². The Labute approximate surface area is 208 Å². The quantitative estimate of drug-likeness (QED) is 0.327. The van der Waals surface area contributed by atoms with E-state index in [9.17, 15) is 4.79 Å². The fourth-order valence-corrected chi connectivity index (χ4v) is 4.55. The van der Waals surface area contributed by atoms with E-state index >= 15 is 0 Å². The minimum Gasteiger partial charge on any atom is -0.357 e. The molecule has 174 valence electrons. The minimum atomic E-state index is 0. The molecule has 2 fully saturated rings. The van der Waals surface area contributed by atoms with Gasteiger partial charge in [-0.2, -0.15) is 5.10 Å². The van der Waals surface area contributed by atoms with Gasteiger partial charge in [-0.1, -0.05) is 31.4 Å². The molecule has 1 atom stereocenters. The van der Waals surface area contributed by atoms with Gasteiger partial charge < -0.3 is 15.5 Å². The first-order valence-corrected chi connectivity index (χ1v) is 11.7. The van der Waals surface area contributed by atoms with Crippen LogP contribution in [0.25, 0.3) is 5.69 Å². The molecule has 0 spiro atoms. The number of rotatable bonds is 6. The maximum absolute atomic E-state index is 12.8. The van der Waals surface area contributed by atoms with Crippen molar-refractivity contribution < 1.29 is 4.79 Å². The van der Waals surface area contributed by atoms with E-state index < -0.39 is 0 Å². The van der Waals surface area contributed by atoms with Crippen molar-refractivity contribution >= 4 is 35.8 Å². The van der Waals surface area contributed by atoms with Crippen molar-refractivity contribution in [3.05, 3.63) is 48.3 Å². The zero-order valence-corrected chi connectivity index (χ0v) is 21.2. The molecule has 32 heavy (non-hydrogen) atoms. The van der Waals surface area contributed by atoms with Crippen LogP contribution in [0.2, 0.25) is 0 Å². The average molecular weight is 550 g/mol. The van der Waals surface area contributed by atoms with Gasteiger partial charge in [0.25, 0.3) is 0 Å². The SMILES string of the molecule is CCNC(=NCc1ccc(-n2cccn2)cc1)NC1CCN(C(=O)C2CCCCC2)C1.I. The molecular weight excluding hydrogens is 515 g/mol. The number of aliphatic imine (C=N–C) groups is 1. The summed E-state index contributed by atoms with van der Waals surface area (Å²) in [7, 11) is 0. The van der Waals surface area contributed by atoms with Crippen LogP contribution in [0.3, 0.4) is 0 Å². The lowest BCUT2D eigenvalue weighted by atomic mass is 9.88. The molecule has 7 nitrogen and oxygen atoms in total. The number of halogens is 1. The number of carbonyl (C=O) groups is 1. The molecule has 1 aromatic heterocycles. The molecule has 1 aliphatic carbocycles. The van der Waals surface area contributed by atoms with Gasteiger partial charge in [-0.15, -0.1) is 24.0 Å². The number of amides is 1. The maximum Gasteiger partial charge on any atom is 0.225 e. The zero-order chi connectivity index (χ0) is 21.5. The fourth-order valence-electron chi connectivity index (χ4n) is 4.55. The Bertz CT molecular complexity index is 861. The summed E-state index contributed by atoms with van der Waals surface area (Å²) in [6.45, 7) is 5.11. The molecule has 1 amide bonds. The Morgan fingerprint density at radius 1 is 1.16 bits per heavy atom. The summed E-state index contributed by atoms with van der Waals surface area (Å²) in [6.07, 6.45) is 10.5. The molecule has 4 rings (SSSR count). The van der Waals surface area contributed by atoms with Crippen LogP contribution < -0.4 is 10.6 Å². The van der Waals surface area contributed by atoms with Crippen LogP contribution in [0.15, 0.2) is 47.7 Å². The summed E-state index contributed by atoms with van der Waals surface area (Å²) >= 11 is 0. The van der Waals surface area contributed by atoms with E-state index in [1.54, 1.807) is 6.20 Å². The Kier molecular flexibility index (Phi) is 9.37. The highest BCUT2D eigenvalue weighted by molar-refractivity contribution is 14.0. The number of hydrogen-bond donors (Lipinski definition) is 2. The summed E-state index contributed by atoms with van der Waals surface area (Å²) < 4.78 is 1.85. The highest BCUT2D eigenvalue weighted by atomic mass is 127. The molecule has 1 saturated carbocycles. The van der Waals surface area contributed by atoms with Crippen LogP contribution in [-0.2, 0) is 11.3 Å². The lowest BCUT2D eigenvalue weighted by Crippen LogP contribution is -2.45. The first kappa shape index (κ1) is 24.5. The molecule has 1 aromatic carbocycles. The Hall–Kier alpha value is -2.10. The van der Waals surface area contributed by atoms with Crippen molar-refractivity contribution in [2.75, 3.05) is 19.6 Å². The highest BCUT2D eigenvalue weighted by Crippen LogP contribution is 2.26. The fraction of sp³-hybridized carbons (Fsp3) is 0.542. The van der Waals surface area contributed by atoms with E-state index in [0.717, 1.165) is 56.1 Å². The number of aromatic nitrogens is 2. The van der Waals surface area contributed by atoms with Crippen LogP contribution in [0.1, 0.15) is 51.0 Å². The van der Waals surface area contributed by atoms with Crippen LogP contribution >= 0.6 is 24.0 Å². The number of guanidine groups is 1. The topological polar surface area (TPSA) is 74.6 Å². The third-order valence-electron chi connectivity index (χ3n) is 6.26. The number of hydrogen-bond acceptors (Lipinski definition) is 3. The third kappa shape index (κ3) is 6.46. The molecule has 8 heteroatoms. The first-order valence-electron chi connectivity index (χ1n) is 11.7. The van der Waals surface area contributed by atoms with Crippen LogP contribution in [0, 0.1) is 5.92 Å². The van der Waals surface area contributed by atoms with Gasteiger partial charge in [0.1, 0.15) is 0 Å². The van der Waals surface area contributed by atoms with Crippen LogP contribution in [0.5, 0.6) is 0 Å². The van der Waals surface area contributed by atoms with Crippen molar-refractivity contribution in [1.29, 1.82) is 0 Å². The lowest BCUT2D eigenvalue weighted by molar-refractivity contribution is -0.135. The molecule has 1 saturated heterocycles. The summed E-state index contributed by atoms with van der Waals surface area (Å²) in [4.78, 5) is 19.7. The summed E-state index contributed by atoms with van der Waals surface area (Å²) in [5, 5.41) is 11.1. The van der Waals surface area contributed by atoms with E-state index in [4.69, 9.17) is 4.99 Å². The van der Waals surface area contributed by atoms with E-state index in [2.05, 4.69) is 51.8 Å². The average Bonchev–Trinajstić information content (AvgIpc) is 3.51. The van der Waals surface area contributed by atoms with Crippen molar-refractivity contribution in [2.45, 2.75) is 58.0 Å². The Balaban J connectivity index is 0.00000289. The monoisotopic (exact) mass is 550 g/mol. The Morgan fingerprint density at radius 3 is 2.62 bits per heavy atom. The molecule has 1 aliphatic heterocycles. The lowest BCUT2D eigenvalue weighted by Gasteiger charge is -2.26. The Morgan fingerprint density at radius 2 is 1.94 bits per heavy atom. The number of benzene rings is 1. The van der Waals surface area contributed by atoms with E-state index in [0.29, 0.717) is 12.5 Å². The summed E-state index contributed by atoms with van der Waals surface area (Å²) in [5.74, 6) is 1.43. The van der Waals surface area contributed by atoms with Gasteiger partial charge in [0, 0.05) is 44.0 Å². The van der Waals surface area contributed by atoms with Gasteiger partial charge >= 0.3 is 0 Å². The predicted molar refractivity (Wildman–Crippen MR) is 138 cm³/mol. The molecule has 1 unspecified atom stereocenters. The second-order valence-electron chi connectivity index (χ2n) is 8.56. The second-order valence-corrected chi connectivity index (χ2v) is 8.56. The largest absolute Gasteiger partial charge is 0.357 e. The first-order chi connectivity index (χ1) is 15.2. The molecular formula is C24H35IN6O. The smallest absolute Gasteiger partial charge is 0.225 e. The van der Waals surface area contributed by atoms with Gasteiger partial charge in [-0.3, -0.25) is 4.79 Å². The molecule has 2 aliphatic rings. The number of carbonyl (C=O) groups excluding carboxylic acids is 1. The van der Waals surface area contributed by atoms with Crippen LogP contribution in [-0.4, -0.2) is 52.2 Å². The van der Waals surface area contributed by atoms with Crippen molar-refractivity contribution in [2.24, 2.45) is 10.9 Å². The van der Waals surface area contributed by atoms with Gasteiger partial charge in [0.2, 0.25) is 5.91 Å². The number of nitrogens with one attached hydrogen (secondary N) is 2. The third-order valence-corrected chi connectivity index (χ3v) is 6.26. The second kappa shape index (κ2) is 12.2. The van der Waals surface area contributed by atoms with Gasteiger partial charge in [-0.25, -0.2) is 9.67 Å². The minimum absolute atomic E-state index is 0. The maximum atomic E-state index is 12.8. The molecule has 2 aromatic rings. The van der Waals surface area contributed by atoms with Crippen molar-refractivity contribution in [1.82, 2.24) is 25.3 Å². The normalized spacial score (nSPS) is 19.5. The molecule has 2 N–H and O–H groups in total. The van der Waals surface area contributed by atoms with Crippen molar-refractivity contribution in [3.8, 4) is 5.69 Å². The molecule has 0 radical (unpaired) electrons. The van der Waals surface area contributed by atoms with Crippen LogP contribution in [0.4, 0.5) is 0 Å². The summed E-state index contributed by atoms with van der Waals surface area (Å²) in [5.41, 5.74) is 2.19. The summed E-state index contributed by atoms with van der Waals surface area (Å²) in [6, 6.07) is 10.5. The molecule has 2 heterocycles. The van der Waals surface area contributed by atoms with E-state index in [1.165, 1.54) is 19.3 Å². The predicted octanol–water partition coefficient (Wildman–Crippen LogP) is 3.73. The zero-order valence-electron chi connectivity index (χ0n) is 18.9. The van der Waals surface area contributed by atoms with Gasteiger partial charge in [-0.05, 0) is 49.9 Å². The van der Waals surface area contributed by atoms with Gasteiger partial charge in [0.05, 0.1) is 12.2 Å². The highest BCUT2D eigenvalue weighted by Gasteiger charge is 2.31. The van der Waals surface area contributed by atoms with Crippen molar-refractivity contribution in [3.63, 3.8) is 0 Å². The standard InChI is InChI=1S/C24H34N6O.HI/c1-2-25-24(26-17-19-9-11-22(12-10-19)30-15-6-14-27-30)28-21-13-16-29(18-21)23(31)20-7-4-3-5-8-20;/h6,9-12,14-15,20-21H,2-5,7-8,13,16-18H2,1H3,(H2,25,26,28);1H. The molecule has 0 bridgehead atoms.